The van der Waals surface area contributed by atoms with Crippen LogP contribution in [0.4, 0.5) is 9.93 Å². The Morgan fingerprint density at radius 2 is 1.81 bits per heavy atom. The summed E-state index contributed by atoms with van der Waals surface area (Å²) >= 11 is 8.38. The number of thiazole rings is 1. The van der Waals surface area contributed by atoms with Gasteiger partial charge in [0.25, 0.3) is 0 Å². The number of nitrogens with zero attached hydrogens (tertiary/aromatic N) is 3. The highest BCUT2D eigenvalue weighted by atomic mass is 35.5. The molecule has 0 spiro atoms. The number of aromatic nitrogens is 2. The van der Waals surface area contributed by atoms with Gasteiger partial charge in [0.2, 0.25) is 11.8 Å². The van der Waals surface area contributed by atoms with Crippen molar-refractivity contribution >= 4 is 62.8 Å². The lowest BCUT2D eigenvalue weighted by atomic mass is 9.85. The standard InChI is InChI=1S/C42H53ClN6O9S/c1-8-24-18-42(24,38(52)53)48-36(50)30-16-26(19-49(30)37(51)35(41(4,5)6)47-40(54)58-25-14-22-13-23(22)15-25)57-32-17-28(29-20-59-39(46-29)44-21(2)3)45-34-27(32)9-10-31(33(34)43)56-12-11-55-7/h8-10,17,20-26,30,35H,1,11-16,18-19H2,2-7H3,(H,44,46)(H,47,54)(H,48,50)(H,52,53)/t22-,23+,24-,25+,26-,30+,35-,42?/m1/s1. The number of hydrogen-bond donors (Lipinski definition) is 4. The molecule has 3 saturated carbocycles. The first-order chi connectivity index (χ1) is 28.0. The molecule has 15 nitrogen and oxygen atoms in total. The summed E-state index contributed by atoms with van der Waals surface area (Å²) < 4.78 is 23.5. The zero-order valence-corrected chi connectivity index (χ0v) is 35.8. The molecule has 3 aromatic rings. The molecule has 59 heavy (non-hydrogen) atoms. The molecular formula is C42H53ClN6O9S. The number of aliphatic carboxylic acids is 1. The van der Waals surface area contributed by atoms with E-state index in [-0.39, 0.29) is 43.2 Å². The van der Waals surface area contributed by atoms with Gasteiger partial charge in [-0.3, -0.25) is 9.59 Å². The fourth-order valence-corrected chi connectivity index (χ4v) is 9.35. The molecule has 4 N–H and O–H groups in total. The van der Waals surface area contributed by atoms with Gasteiger partial charge in [-0.15, -0.1) is 17.9 Å². The molecule has 3 heterocycles. The zero-order valence-electron chi connectivity index (χ0n) is 34.2. The first-order valence-corrected chi connectivity index (χ1v) is 21.4. The molecule has 7 rings (SSSR count). The van der Waals surface area contributed by atoms with Crippen LogP contribution in [0.2, 0.25) is 5.02 Å². The zero-order chi connectivity index (χ0) is 42.4. The van der Waals surface area contributed by atoms with E-state index in [9.17, 15) is 24.3 Å². The highest BCUT2D eigenvalue weighted by Gasteiger charge is 2.61. The molecule has 0 bridgehead atoms. The maximum atomic E-state index is 14.7. The van der Waals surface area contributed by atoms with Crippen LogP contribution in [0.1, 0.15) is 66.7 Å². The van der Waals surface area contributed by atoms with E-state index in [1.54, 1.807) is 25.3 Å². The molecule has 4 aliphatic rings. The predicted molar refractivity (Wildman–Crippen MR) is 223 cm³/mol. The molecule has 1 aliphatic heterocycles. The summed E-state index contributed by atoms with van der Waals surface area (Å²) in [6, 6.07) is 3.17. The molecule has 3 amide bonds. The monoisotopic (exact) mass is 852 g/mol. The van der Waals surface area contributed by atoms with E-state index >= 15 is 0 Å². The van der Waals surface area contributed by atoms with Gasteiger partial charge in [0.1, 0.15) is 58.7 Å². The average Bonchev–Trinajstić information content (AvgIpc) is 3.84. The second kappa shape index (κ2) is 16.8. The summed E-state index contributed by atoms with van der Waals surface area (Å²) in [6.45, 7) is 13.8. The van der Waals surface area contributed by atoms with Crippen LogP contribution in [0.3, 0.4) is 0 Å². The Labute approximate surface area is 352 Å². The number of ether oxygens (including phenoxy) is 4. The smallest absolute Gasteiger partial charge is 0.408 e. The Morgan fingerprint density at radius 1 is 1.07 bits per heavy atom. The number of carbonyl (C=O) groups excluding carboxylic acids is 3. The molecule has 8 atom stereocenters. The van der Waals surface area contributed by atoms with E-state index in [2.05, 4.69) is 22.5 Å². The third-order valence-electron chi connectivity index (χ3n) is 11.6. The molecule has 1 unspecified atom stereocenters. The van der Waals surface area contributed by atoms with E-state index in [1.165, 1.54) is 28.7 Å². The number of anilines is 1. The van der Waals surface area contributed by atoms with Crippen molar-refractivity contribution in [2.45, 2.75) is 103 Å². The van der Waals surface area contributed by atoms with Crippen molar-refractivity contribution in [1.82, 2.24) is 25.5 Å². The maximum absolute atomic E-state index is 14.7. The van der Waals surface area contributed by atoms with Crippen LogP contribution in [0.15, 0.2) is 36.2 Å². The Hall–Kier alpha value is -4.67. The normalized spacial score (nSPS) is 26.2. The summed E-state index contributed by atoms with van der Waals surface area (Å²) in [5.74, 6) is -0.870. The minimum absolute atomic E-state index is 0.0163. The van der Waals surface area contributed by atoms with Crippen LogP contribution in [0.25, 0.3) is 22.3 Å². The number of benzene rings is 1. The first kappa shape index (κ1) is 42.5. The van der Waals surface area contributed by atoms with Crippen molar-refractivity contribution in [3.63, 3.8) is 0 Å². The van der Waals surface area contributed by atoms with Crippen molar-refractivity contribution in [2.75, 3.05) is 32.2 Å². The Bertz CT molecular complexity index is 2110. The number of nitrogens with one attached hydrogen (secondary N) is 3. The summed E-state index contributed by atoms with van der Waals surface area (Å²) in [5, 5.41) is 22.4. The largest absolute Gasteiger partial charge is 0.490 e. The number of alkyl carbamates (subject to hydrolysis) is 1. The van der Waals surface area contributed by atoms with Crippen LogP contribution in [0.5, 0.6) is 11.5 Å². The number of amides is 3. The van der Waals surface area contributed by atoms with E-state index in [0.717, 1.165) is 12.8 Å². The van der Waals surface area contributed by atoms with E-state index < -0.39 is 58.9 Å². The van der Waals surface area contributed by atoms with E-state index in [0.29, 0.717) is 57.4 Å². The number of carboxylic acid groups (broad SMARTS) is 1. The van der Waals surface area contributed by atoms with E-state index in [1.807, 2.05) is 40.0 Å². The summed E-state index contributed by atoms with van der Waals surface area (Å²) in [5.41, 5.74) is -0.893. The molecule has 3 aliphatic carbocycles. The van der Waals surface area contributed by atoms with E-state index in [4.69, 9.17) is 40.5 Å². The minimum atomic E-state index is -1.53. The second-order valence-corrected chi connectivity index (χ2v) is 18.7. The van der Waals surface area contributed by atoms with Crippen LogP contribution >= 0.6 is 22.9 Å². The lowest BCUT2D eigenvalue weighted by molar-refractivity contribution is -0.146. The van der Waals surface area contributed by atoms with Gasteiger partial charge in [-0.05, 0) is 68.9 Å². The number of halogens is 1. The van der Waals surface area contributed by atoms with Gasteiger partial charge >= 0.3 is 12.1 Å². The summed E-state index contributed by atoms with van der Waals surface area (Å²) in [7, 11) is 1.58. The summed E-state index contributed by atoms with van der Waals surface area (Å²) in [6.07, 6.45) is 2.83. The lowest BCUT2D eigenvalue weighted by Crippen LogP contribution is -2.59. The number of methoxy groups -OCH3 is 1. The number of carbonyl (C=O) groups is 4. The molecule has 1 saturated heterocycles. The molecule has 318 valence electrons. The van der Waals surface area contributed by atoms with Crippen LogP contribution in [-0.4, -0.2) is 107 Å². The fourth-order valence-electron chi connectivity index (χ4n) is 8.24. The number of likely N-dealkylation sites (tertiary alicyclic amines) is 1. The number of carboxylic acids is 1. The van der Waals surface area contributed by atoms with Gasteiger partial charge in [-0.25, -0.2) is 19.6 Å². The number of hydrogen-bond acceptors (Lipinski definition) is 12. The quantitative estimate of drug-likeness (QED) is 0.0933. The topological polar surface area (TPSA) is 191 Å². The summed E-state index contributed by atoms with van der Waals surface area (Å²) in [4.78, 5) is 65.7. The Kier molecular flexibility index (Phi) is 12.1. The molecule has 1 aromatic carbocycles. The van der Waals surface area contributed by atoms with Crippen LogP contribution in [0, 0.1) is 23.2 Å². The number of pyridine rings is 1. The number of rotatable bonds is 16. The van der Waals surface area contributed by atoms with Crippen LogP contribution in [-0.2, 0) is 23.9 Å². The first-order valence-electron chi connectivity index (χ1n) is 20.1. The second-order valence-electron chi connectivity index (χ2n) is 17.4. The number of fused-ring (bicyclic) bond motifs is 2. The molecule has 4 fully saturated rings. The third kappa shape index (κ3) is 9.09. The van der Waals surface area contributed by atoms with Crippen molar-refractivity contribution in [3.8, 4) is 22.9 Å². The highest BCUT2D eigenvalue weighted by molar-refractivity contribution is 7.14. The maximum Gasteiger partial charge on any atom is 0.408 e. The average molecular weight is 853 g/mol. The van der Waals surface area contributed by atoms with Gasteiger partial charge < -0.3 is 44.9 Å². The highest BCUT2D eigenvalue weighted by Crippen LogP contribution is 2.52. The predicted octanol–water partition coefficient (Wildman–Crippen LogP) is 6.29. The molecule has 0 radical (unpaired) electrons. The van der Waals surface area contributed by atoms with Crippen molar-refractivity contribution in [3.05, 3.63) is 41.3 Å². The van der Waals surface area contributed by atoms with Gasteiger partial charge in [0.05, 0.1) is 24.4 Å². The third-order valence-corrected chi connectivity index (χ3v) is 12.7. The van der Waals surface area contributed by atoms with Gasteiger partial charge in [-0.1, -0.05) is 38.4 Å². The molecule has 17 heteroatoms. The SMILES string of the molecule is C=C[C@@H]1CC1(NC(=O)[C@@H]1C[C@@H](Oc2cc(-c3csc(NC(C)C)n3)nc3c(Cl)c(OCCOC)ccc23)CN1C(=O)[C@@H](NC(=O)O[C@@H]1C[C@@H]2C[C@@H]2C1)C(C)(C)C)C(=O)O. The van der Waals surface area contributed by atoms with Crippen molar-refractivity contribution in [1.29, 1.82) is 0 Å². The van der Waals surface area contributed by atoms with Crippen LogP contribution < -0.4 is 25.4 Å². The molecular weight excluding hydrogens is 800 g/mol. The Morgan fingerprint density at radius 3 is 2.46 bits per heavy atom. The van der Waals surface area contributed by atoms with Gasteiger partial charge in [0, 0.05) is 42.3 Å². The van der Waals surface area contributed by atoms with Crippen molar-refractivity contribution < 1.29 is 43.2 Å². The lowest BCUT2D eigenvalue weighted by Gasteiger charge is -2.35. The van der Waals surface area contributed by atoms with Gasteiger partial charge in [-0.2, -0.15) is 0 Å². The minimum Gasteiger partial charge on any atom is -0.490 e. The Balaban J connectivity index is 1.21. The van der Waals surface area contributed by atoms with Gasteiger partial charge in [0.15, 0.2) is 5.13 Å². The molecule has 2 aromatic heterocycles. The fraction of sp³-hybridized carbons (Fsp3) is 0.571. The van der Waals surface area contributed by atoms with Crippen molar-refractivity contribution in [2.24, 2.45) is 23.2 Å².